The molecule has 0 saturated carbocycles. The quantitative estimate of drug-likeness (QED) is 0.789. The summed E-state index contributed by atoms with van der Waals surface area (Å²) in [5, 5.41) is 8.67. The van der Waals surface area contributed by atoms with Crippen molar-refractivity contribution in [3.05, 3.63) is 35.4 Å². The van der Waals surface area contributed by atoms with Crippen LogP contribution in [0.2, 0.25) is 0 Å². The van der Waals surface area contributed by atoms with E-state index in [1.54, 1.807) is 38.4 Å². The van der Waals surface area contributed by atoms with E-state index in [9.17, 15) is 9.59 Å². The molecule has 0 aliphatic rings. The highest BCUT2D eigenvalue weighted by molar-refractivity contribution is 5.93. The van der Waals surface area contributed by atoms with E-state index in [2.05, 4.69) is 0 Å². The Hall–Kier alpha value is -1.88. The van der Waals surface area contributed by atoms with Gasteiger partial charge in [0.15, 0.2) is 0 Å². The highest BCUT2D eigenvalue weighted by Crippen LogP contribution is 2.08. The molecule has 0 radical (unpaired) electrons. The van der Waals surface area contributed by atoms with E-state index in [0.717, 1.165) is 5.56 Å². The minimum Gasteiger partial charge on any atom is -0.480 e. The fourth-order valence-corrected chi connectivity index (χ4v) is 1.38. The van der Waals surface area contributed by atoms with Gasteiger partial charge in [0.05, 0.1) is 0 Å². The van der Waals surface area contributed by atoms with Crippen molar-refractivity contribution < 1.29 is 14.7 Å². The predicted octanol–water partition coefficient (Wildman–Crippen LogP) is 0.343. The molecule has 1 rings (SSSR count). The van der Waals surface area contributed by atoms with Gasteiger partial charge < -0.3 is 15.7 Å². The van der Waals surface area contributed by atoms with Crippen molar-refractivity contribution in [2.75, 3.05) is 14.1 Å². The zero-order chi connectivity index (χ0) is 13.0. The summed E-state index contributed by atoms with van der Waals surface area (Å²) in [6, 6.07) is 5.88. The number of carbonyl (C=O) groups is 2. The lowest BCUT2D eigenvalue weighted by Crippen LogP contribution is -2.32. The third-order valence-corrected chi connectivity index (χ3v) is 2.38. The Morgan fingerprint density at radius 3 is 2.24 bits per heavy atom. The highest BCUT2D eigenvalue weighted by Gasteiger charge is 2.13. The lowest BCUT2D eigenvalue weighted by Gasteiger charge is -2.11. The van der Waals surface area contributed by atoms with E-state index < -0.39 is 12.0 Å². The van der Waals surface area contributed by atoms with Crippen LogP contribution in [0.1, 0.15) is 15.9 Å². The van der Waals surface area contributed by atoms with Crippen LogP contribution in [-0.2, 0) is 11.2 Å². The van der Waals surface area contributed by atoms with E-state index >= 15 is 0 Å². The van der Waals surface area contributed by atoms with Crippen LogP contribution in [-0.4, -0.2) is 42.0 Å². The van der Waals surface area contributed by atoms with E-state index in [4.69, 9.17) is 10.8 Å². The zero-order valence-corrected chi connectivity index (χ0v) is 9.88. The molecule has 5 heteroatoms. The van der Waals surface area contributed by atoms with Crippen LogP contribution >= 0.6 is 0 Å². The first-order valence-corrected chi connectivity index (χ1v) is 5.21. The molecule has 0 aliphatic carbocycles. The summed E-state index contributed by atoms with van der Waals surface area (Å²) in [5.74, 6) is -1.11. The standard InChI is InChI=1S/C12H16N2O3/c1-14(2)11(15)9-5-3-8(4-6-9)7-10(13)12(16)17/h3-6,10H,7,13H2,1-2H3,(H,16,17). The van der Waals surface area contributed by atoms with Crippen molar-refractivity contribution in [3.63, 3.8) is 0 Å². The number of rotatable bonds is 4. The molecule has 0 aromatic heterocycles. The SMILES string of the molecule is CN(C)C(=O)c1ccc(CC(N)C(=O)O)cc1. The largest absolute Gasteiger partial charge is 0.480 e. The van der Waals surface area contributed by atoms with E-state index in [-0.39, 0.29) is 12.3 Å². The first kappa shape index (κ1) is 13.2. The summed E-state index contributed by atoms with van der Waals surface area (Å²) in [7, 11) is 3.35. The van der Waals surface area contributed by atoms with Crippen molar-refractivity contribution in [2.24, 2.45) is 5.73 Å². The lowest BCUT2D eigenvalue weighted by atomic mass is 10.0. The van der Waals surface area contributed by atoms with Crippen molar-refractivity contribution >= 4 is 11.9 Å². The summed E-state index contributed by atoms with van der Waals surface area (Å²) >= 11 is 0. The molecule has 3 N–H and O–H groups in total. The van der Waals surface area contributed by atoms with Gasteiger partial charge in [0.1, 0.15) is 6.04 Å². The van der Waals surface area contributed by atoms with E-state index in [0.29, 0.717) is 5.56 Å². The van der Waals surface area contributed by atoms with Gasteiger partial charge >= 0.3 is 5.97 Å². The number of benzene rings is 1. The summed E-state index contributed by atoms with van der Waals surface area (Å²) in [6.45, 7) is 0. The number of nitrogens with two attached hydrogens (primary N) is 1. The van der Waals surface area contributed by atoms with Crippen LogP contribution in [0.25, 0.3) is 0 Å². The molecule has 92 valence electrons. The fraction of sp³-hybridized carbons (Fsp3) is 0.333. The molecule has 5 nitrogen and oxygen atoms in total. The Kier molecular flexibility index (Phi) is 4.23. The third-order valence-electron chi connectivity index (χ3n) is 2.38. The van der Waals surface area contributed by atoms with Gasteiger partial charge in [-0.2, -0.15) is 0 Å². The van der Waals surface area contributed by atoms with Crippen LogP contribution in [0, 0.1) is 0 Å². The number of nitrogens with zero attached hydrogens (tertiary/aromatic N) is 1. The summed E-state index contributed by atoms with van der Waals surface area (Å²) < 4.78 is 0. The monoisotopic (exact) mass is 236 g/mol. The molecule has 0 aliphatic heterocycles. The van der Waals surface area contributed by atoms with Crippen LogP contribution in [0.15, 0.2) is 24.3 Å². The Morgan fingerprint density at radius 1 is 1.29 bits per heavy atom. The van der Waals surface area contributed by atoms with Crippen molar-refractivity contribution in [2.45, 2.75) is 12.5 Å². The fourth-order valence-electron chi connectivity index (χ4n) is 1.38. The number of carbonyl (C=O) groups excluding carboxylic acids is 1. The molecule has 0 spiro atoms. The molecular formula is C12H16N2O3. The second-order valence-electron chi connectivity index (χ2n) is 4.05. The van der Waals surface area contributed by atoms with Gasteiger partial charge in [-0.1, -0.05) is 12.1 Å². The first-order chi connectivity index (χ1) is 7.91. The topological polar surface area (TPSA) is 83.6 Å². The molecule has 1 aromatic rings. The number of aliphatic carboxylic acids is 1. The summed E-state index contributed by atoms with van der Waals surface area (Å²) in [6.07, 6.45) is 0.256. The second kappa shape index (κ2) is 5.45. The van der Waals surface area contributed by atoms with E-state index in [1.165, 1.54) is 4.90 Å². The number of carboxylic acid groups (broad SMARTS) is 1. The summed E-state index contributed by atoms with van der Waals surface area (Å²) in [4.78, 5) is 23.7. The predicted molar refractivity (Wildman–Crippen MR) is 63.8 cm³/mol. The van der Waals surface area contributed by atoms with Gasteiger partial charge in [0.25, 0.3) is 5.91 Å². The van der Waals surface area contributed by atoms with Crippen LogP contribution in [0.3, 0.4) is 0 Å². The second-order valence-corrected chi connectivity index (χ2v) is 4.05. The molecule has 1 aromatic carbocycles. The smallest absolute Gasteiger partial charge is 0.320 e. The maximum absolute atomic E-state index is 11.6. The van der Waals surface area contributed by atoms with Crippen LogP contribution < -0.4 is 5.73 Å². The van der Waals surface area contributed by atoms with Crippen LogP contribution in [0.5, 0.6) is 0 Å². The van der Waals surface area contributed by atoms with Gasteiger partial charge in [-0.05, 0) is 24.1 Å². The van der Waals surface area contributed by atoms with Gasteiger partial charge in [-0.3, -0.25) is 9.59 Å². The number of carboxylic acids is 1. The average Bonchev–Trinajstić information content (AvgIpc) is 2.28. The van der Waals surface area contributed by atoms with Gasteiger partial charge in [-0.15, -0.1) is 0 Å². The van der Waals surface area contributed by atoms with E-state index in [1.807, 2.05) is 0 Å². The third kappa shape index (κ3) is 3.57. The molecule has 0 fully saturated rings. The zero-order valence-electron chi connectivity index (χ0n) is 9.88. The maximum atomic E-state index is 11.6. The van der Waals surface area contributed by atoms with Crippen LogP contribution in [0.4, 0.5) is 0 Å². The molecular weight excluding hydrogens is 220 g/mol. The first-order valence-electron chi connectivity index (χ1n) is 5.21. The van der Waals surface area contributed by atoms with Crippen molar-refractivity contribution in [3.8, 4) is 0 Å². The normalized spacial score (nSPS) is 11.9. The Balaban J connectivity index is 2.75. The molecule has 1 unspecified atom stereocenters. The lowest BCUT2D eigenvalue weighted by molar-refractivity contribution is -0.138. The highest BCUT2D eigenvalue weighted by atomic mass is 16.4. The molecule has 17 heavy (non-hydrogen) atoms. The minimum absolute atomic E-state index is 0.0842. The summed E-state index contributed by atoms with van der Waals surface area (Å²) in [5.41, 5.74) is 6.79. The Bertz CT molecular complexity index is 412. The molecule has 1 atom stereocenters. The number of hydrogen-bond acceptors (Lipinski definition) is 3. The van der Waals surface area contributed by atoms with Gasteiger partial charge in [0, 0.05) is 19.7 Å². The number of hydrogen-bond donors (Lipinski definition) is 2. The van der Waals surface area contributed by atoms with Crippen molar-refractivity contribution in [1.29, 1.82) is 0 Å². The Morgan fingerprint density at radius 2 is 1.82 bits per heavy atom. The maximum Gasteiger partial charge on any atom is 0.320 e. The molecule has 1 amide bonds. The van der Waals surface area contributed by atoms with Crippen molar-refractivity contribution in [1.82, 2.24) is 4.90 Å². The Labute approximate surface area is 99.8 Å². The molecule has 0 saturated heterocycles. The molecule has 0 bridgehead atoms. The number of amides is 1. The molecule has 0 heterocycles. The average molecular weight is 236 g/mol. The minimum atomic E-state index is -1.03. The van der Waals surface area contributed by atoms with Gasteiger partial charge in [0.2, 0.25) is 0 Å². The van der Waals surface area contributed by atoms with Gasteiger partial charge in [-0.25, -0.2) is 0 Å².